The summed E-state index contributed by atoms with van der Waals surface area (Å²) in [6, 6.07) is 18.0. The number of hydrogen-bond donors (Lipinski definition) is 1. The molecule has 1 aliphatic rings. The number of fused-ring (bicyclic) bond motifs is 2. The summed E-state index contributed by atoms with van der Waals surface area (Å²) in [6.45, 7) is 1.01. The Morgan fingerprint density at radius 1 is 1.08 bits per heavy atom. The maximum atomic E-state index is 13.1. The standard InChI is InChI=1S/C30H28O8/c1-34-25-9-5-7-20(29(25)37-14-12-18-10-11-23-19(16-18)13-15-36-23)22(17-26(31)35-2)27-28(32)21-6-3-4-8-24(21)38-30(27)33/h3-11,16,22,32H,12-15,17H2,1-2H3/t22-/m1/s1. The fourth-order valence-corrected chi connectivity index (χ4v) is 4.86. The molecule has 8 nitrogen and oxygen atoms in total. The van der Waals surface area contributed by atoms with Crippen LogP contribution >= 0.6 is 0 Å². The van der Waals surface area contributed by atoms with Gasteiger partial charge in [0.2, 0.25) is 0 Å². The molecule has 2 heterocycles. The molecule has 1 aliphatic heterocycles. The second kappa shape index (κ2) is 10.9. The van der Waals surface area contributed by atoms with Crippen molar-refractivity contribution in [1.29, 1.82) is 0 Å². The number of ether oxygens (including phenoxy) is 4. The van der Waals surface area contributed by atoms with Gasteiger partial charge in [0, 0.05) is 24.3 Å². The van der Waals surface area contributed by atoms with Crippen LogP contribution in [0.3, 0.4) is 0 Å². The zero-order valence-corrected chi connectivity index (χ0v) is 21.2. The van der Waals surface area contributed by atoms with Crippen LogP contribution in [0.15, 0.2) is 69.9 Å². The van der Waals surface area contributed by atoms with E-state index in [1.54, 1.807) is 42.5 Å². The van der Waals surface area contributed by atoms with E-state index in [0.29, 0.717) is 42.1 Å². The fourth-order valence-electron chi connectivity index (χ4n) is 4.86. The average molecular weight is 517 g/mol. The number of esters is 1. The molecule has 3 aromatic carbocycles. The average Bonchev–Trinajstić information content (AvgIpc) is 3.40. The van der Waals surface area contributed by atoms with Gasteiger partial charge in [-0.3, -0.25) is 4.79 Å². The molecular weight excluding hydrogens is 488 g/mol. The van der Waals surface area contributed by atoms with Crippen molar-refractivity contribution in [1.82, 2.24) is 0 Å². The van der Waals surface area contributed by atoms with Crippen LogP contribution in [0.4, 0.5) is 0 Å². The van der Waals surface area contributed by atoms with Gasteiger partial charge in [-0.2, -0.15) is 0 Å². The summed E-state index contributed by atoms with van der Waals surface area (Å²) in [7, 11) is 2.79. The lowest BCUT2D eigenvalue weighted by Crippen LogP contribution is -2.19. The molecule has 0 saturated carbocycles. The normalized spacial score (nSPS) is 13.0. The lowest BCUT2D eigenvalue weighted by molar-refractivity contribution is -0.140. The number of para-hydroxylation sites is 2. The van der Waals surface area contributed by atoms with Crippen LogP contribution in [0.25, 0.3) is 11.0 Å². The molecule has 1 aromatic heterocycles. The quantitative estimate of drug-likeness (QED) is 0.251. The van der Waals surface area contributed by atoms with Crippen LogP contribution < -0.4 is 19.8 Å². The van der Waals surface area contributed by atoms with Gasteiger partial charge in [-0.25, -0.2) is 4.79 Å². The molecule has 1 N–H and O–H groups in total. The first-order valence-corrected chi connectivity index (χ1v) is 12.4. The Morgan fingerprint density at radius 3 is 2.74 bits per heavy atom. The maximum absolute atomic E-state index is 13.1. The second-order valence-corrected chi connectivity index (χ2v) is 9.00. The van der Waals surface area contributed by atoms with Crippen molar-refractivity contribution >= 4 is 16.9 Å². The van der Waals surface area contributed by atoms with Gasteiger partial charge >= 0.3 is 11.6 Å². The third-order valence-electron chi connectivity index (χ3n) is 6.76. The zero-order chi connectivity index (χ0) is 26.6. The van der Waals surface area contributed by atoms with E-state index in [2.05, 4.69) is 6.07 Å². The Balaban J connectivity index is 1.53. The molecule has 4 aromatic rings. The first kappa shape index (κ1) is 25.2. The van der Waals surface area contributed by atoms with E-state index in [1.165, 1.54) is 19.8 Å². The second-order valence-electron chi connectivity index (χ2n) is 9.00. The van der Waals surface area contributed by atoms with Crippen molar-refractivity contribution in [2.75, 3.05) is 27.4 Å². The topological polar surface area (TPSA) is 104 Å². The van der Waals surface area contributed by atoms with Gasteiger partial charge in [-0.05, 0) is 35.4 Å². The Bertz CT molecular complexity index is 1540. The summed E-state index contributed by atoms with van der Waals surface area (Å²) < 4.78 is 27.9. The molecule has 0 unspecified atom stereocenters. The largest absolute Gasteiger partial charge is 0.507 e. The predicted octanol–water partition coefficient (Wildman–Crippen LogP) is 4.76. The van der Waals surface area contributed by atoms with Crippen LogP contribution in [0, 0.1) is 0 Å². The van der Waals surface area contributed by atoms with E-state index in [4.69, 9.17) is 23.4 Å². The van der Waals surface area contributed by atoms with E-state index >= 15 is 0 Å². The van der Waals surface area contributed by atoms with Gasteiger partial charge in [0.1, 0.15) is 17.1 Å². The van der Waals surface area contributed by atoms with Crippen LogP contribution in [0.2, 0.25) is 0 Å². The SMILES string of the molecule is COC(=O)C[C@H](c1cccc(OC)c1OCCc1ccc2c(c1)CCO2)c1c(O)c2ccccc2oc1=O. The Labute approximate surface area is 219 Å². The van der Waals surface area contributed by atoms with E-state index < -0.39 is 17.5 Å². The van der Waals surface area contributed by atoms with E-state index in [-0.39, 0.29) is 23.3 Å². The Kier molecular flexibility index (Phi) is 7.22. The van der Waals surface area contributed by atoms with Crippen molar-refractivity contribution in [3.05, 3.63) is 93.3 Å². The monoisotopic (exact) mass is 516 g/mol. The number of hydrogen-bond acceptors (Lipinski definition) is 8. The van der Waals surface area contributed by atoms with Gasteiger partial charge in [0.25, 0.3) is 0 Å². The van der Waals surface area contributed by atoms with Crippen molar-refractivity contribution in [2.24, 2.45) is 0 Å². The third-order valence-corrected chi connectivity index (χ3v) is 6.76. The predicted molar refractivity (Wildman–Crippen MR) is 140 cm³/mol. The minimum Gasteiger partial charge on any atom is -0.507 e. The summed E-state index contributed by atoms with van der Waals surface area (Å²) in [6.07, 6.45) is 1.28. The summed E-state index contributed by atoms with van der Waals surface area (Å²) in [5, 5.41) is 11.5. The molecule has 196 valence electrons. The van der Waals surface area contributed by atoms with E-state index in [0.717, 1.165) is 17.7 Å². The molecule has 0 fully saturated rings. The molecule has 0 radical (unpaired) electrons. The summed E-state index contributed by atoms with van der Waals surface area (Å²) in [5.41, 5.74) is 2.23. The smallest absolute Gasteiger partial charge is 0.343 e. The highest BCUT2D eigenvalue weighted by atomic mass is 16.5. The van der Waals surface area contributed by atoms with Crippen molar-refractivity contribution in [3.8, 4) is 23.0 Å². The minimum absolute atomic E-state index is 0.0502. The zero-order valence-electron chi connectivity index (χ0n) is 21.2. The van der Waals surface area contributed by atoms with Crippen molar-refractivity contribution < 1.29 is 33.3 Å². The van der Waals surface area contributed by atoms with Crippen LogP contribution in [-0.2, 0) is 22.4 Å². The lowest BCUT2D eigenvalue weighted by atomic mass is 9.87. The summed E-state index contributed by atoms with van der Waals surface area (Å²) >= 11 is 0. The van der Waals surface area contributed by atoms with E-state index in [1.807, 2.05) is 12.1 Å². The molecule has 8 heteroatoms. The fraction of sp³-hybridized carbons (Fsp3) is 0.267. The molecule has 0 amide bonds. The molecule has 1 atom stereocenters. The number of carbonyl (C=O) groups excluding carboxylic acids is 1. The van der Waals surface area contributed by atoms with Gasteiger partial charge in [-0.15, -0.1) is 0 Å². The highest BCUT2D eigenvalue weighted by molar-refractivity contribution is 5.85. The third kappa shape index (κ3) is 4.89. The van der Waals surface area contributed by atoms with Crippen LogP contribution in [0.5, 0.6) is 23.0 Å². The number of benzene rings is 3. The molecule has 0 aliphatic carbocycles. The Hall–Kier alpha value is -4.46. The van der Waals surface area contributed by atoms with Crippen molar-refractivity contribution in [2.45, 2.75) is 25.2 Å². The number of carbonyl (C=O) groups is 1. The van der Waals surface area contributed by atoms with E-state index in [9.17, 15) is 14.7 Å². The van der Waals surface area contributed by atoms with Crippen LogP contribution in [0.1, 0.15) is 34.6 Å². The first-order valence-electron chi connectivity index (χ1n) is 12.4. The highest BCUT2D eigenvalue weighted by Gasteiger charge is 2.31. The van der Waals surface area contributed by atoms with Gasteiger partial charge in [-0.1, -0.05) is 36.4 Å². The molecule has 0 bridgehead atoms. The number of methoxy groups -OCH3 is 2. The number of rotatable bonds is 9. The molecule has 38 heavy (non-hydrogen) atoms. The number of aromatic hydroxyl groups is 1. The summed E-state index contributed by atoms with van der Waals surface area (Å²) in [5.74, 6) is 0.00706. The first-order chi connectivity index (χ1) is 18.5. The molecular formula is C30H28O8. The maximum Gasteiger partial charge on any atom is 0.343 e. The molecule has 0 saturated heterocycles. The molecule has 0 spiro atoms. The highest BCUT2D eigenvalue weighted by Crippen LogP contribution is 2.43. The van der Waals surface area contributed by atoms with Crippen LogP contribution in [-0.4, -0.2) is 38.5 Å². The van der Waals surface area contributed by atoms with Gasteiger partial charge in [0.15, 0.2) is 11.5 Å². The van der Waals surface area contributed by atoms with Gasteiger partial charge in [0.05, 0.1) is 44.8 Å². The summed E-state index contributed by atoms with van der Waals surface area (Å²) in [4.78, 5) is 25.6. The minimum atomic E-state index is -0.912. The Morgan fingerprint density at radius 2 is 1.92 bits per heavy atom. The van der Waals surface area contributed by atoms with Gasteiger partial charge < -0.3 is 28.5 Å². The molecule has 5 rings (SSSR count). The van der Waals surface area contributed by atoms with Crippen molar-refractivity contribution in [3.63, 3.8) is 0 Å². The lowest BCUT2D eigenvalue weighted by Gasteiger charge is -2.22.